The van der Waals surface area contributed by atoms with Gasteiger partial charge in [0, 0.05) is 16.4 Å². The van der Waals surface area contributed by atoms with E-state index in [9.17, 15) is 4.79 Å². The molecule has 3 fully saturated rings. The minimum atomic E-state index is -0.367. The number of halogens is 1. The molecule has 0 N–H and O–H groups in total. The lowest BCUT2D eigenvalue weighted by Gasteiger charge is -2.64. The van der Waals surface area contributed by atoms with Gasteiger partial charge in [-0.3, -0.25) is 4.79 Å². The van der Waals surface area contributed by atoms with Crippen LogP contribution in [0.25, 0.3) is 5.69 Å². The van der Waals surface area contributed by atoms with Gasteiger partial charge < -0.3 is 4.74 Å². The summed E-state index contributed by atoms with van der Waals surface area (Å²) in [7, 11) is 0. The summed E-state index contributed by atoms with van der Waals surface area (Å²) in [5, 5.41) is 5.70. The van der Waals surface area contributed by atoms with Gasteiger partial charge in [-0.15, -0.1) is 0 Å². The van der Waals surface area contributed by atoms with Crippen LogP contribution in [0.3, 0.4) is 0 Å². The molecule has 6 rings (SSSR count). The monoisotopic (exact) mass is 480 g/mol. The van der Waals surface area contributed by atoms with Gasteiger partial charge in [0.25, 0.3) is 0 Å². The number of esters is 1. The molecule has 6 atom stereocenters. The largest absolute Gasteiger partial charge is 0.466 e. The van der Waals surface area contributed by atoms with E-state index in [1.165, 1.54) is 36.9 Å². The molecule has 1 aromatic carbocycles. The number of rotatable bonds is 3. The Kier molecular flexibility index (Phi) is 4.89. The maximum atomic E-state index is 13.2. The Morgan fingerprint density at radius 1 is 1.12 bits per heavy atom. The van der Waals surface area contributed by atoms with Gasteiger partial charge in [0.1, 0.15) is 0 Å². The maximum Gasteiger partial charge on any atom is 0.312 e. The zero-order valence-corrected chi connectivity index (χ0v) is 21.8. The lowest BCUT2D eigenvalue weighted by molar-refractivity contribution is -0.180. The average molecular weight is 481 g/mol. The van der Waals surface area contributed by atoms with Crippen LogP contribution in [0.4, 0.5) is 0 Å². The van der Waals surface area contributed by atoms with Gasteiger partial charge in [0.05, 0.1) is 34.6 Å². The fourth-order valence-electron chi connectivity index (χ4n) is 9.51. The van der Waals surface area contributed by atoms with Crippen molar-refractivity contribution in [2.45, 2.75) is 89.9 Å². The van der Waals surface area contributed by atoms with Crippen LogP contribution in [-0.2, 0) is 20.4 Å². The Labute approximate surface area is 208 Å². The molecule has 182 valence electrons. The highest BCUT2D eigenvalue weighted by Crippen LogP contribution is 2.73. The smallest absolute Gasteiger partial charge is 0.312 e. The molecule has 4 nitrogen and oxygen atoms in total. The van der Waals surface area contributed by atoms with Crippen molar-refractivity contribution < 1.29 is 9.53 Å². The van der Waals surface area contributed by atoms with Crippen molar-refractivity contribution in [3.8, 4) is 5.69 Å². The normalized spacial score (nSPS) is 40.3. The van der Waals surface area contributed by atoms with Crippen LogP contribution in [0.2, 0.25) is 5.02 Å². The molecule has 0 saturated heterocycles. The first kappa shape index (κ1) is 22.6. The Morgan fingerprint density at radius 3 is 2.65 bits per heavy atom. The molecule has 2 bridgehead atoms. The molecule has 2 aromatic rings. The third kappa shape index (κ3) is 2.72. The van der Waals surface area contributed by atoms with E-state index in [4.69, 9.17) is 21.4 Å². The zero-order valence-electron chi connectivity index (χ0n) is 21.0. The Bertz CT molecular complexity index is 1160. The SMILES string of the molecule is CCOC(=O)[C@]1(C)CCC[C@@]2(C)[C@@H]3CC[C@@]4(C)C[C@]3(CC[C@@H]21)c1cnn(-c2ccccc2Cl)c14. The second-order valence-corrected chi connectivity index (χ2v) is 12.8. The summed E-state index contributed by atoms with van der Waals surface area (Å²) in [4.78, 5) is 13.2. The number of nitrogens with zero attached hydrogens (tertiary/aromatic N) is 2. The standard InChI is InChI=1S/C29H37ClN2O2/c1-5-34-25(33)28(4)14-8-13-27(3)22(28)12-16-29-18-26(2,15-11-23(27)29)24-19(29)17-31-32(24)21-10-7-6-9-20(21)30/h6-7,9-10,17,22-23H,5,8,11-16,18H2,1-4H3/t22-,23-,26-,27+,28+,29+/m0/s1. The molecule has 1 heterocycles. The molecule has 34 heavy (non-hydrogen) atoms. The van der Waals surface area contributed by atoms with Gasteiger partial charge in [0.15, 0.2) is 0 Å². The van der Waals surface area contributed by atoms with Crippen LogP contribution in [0.15, 0.2) is 30.5 Å². The highest BCUT2D eigenvalue weighted by molar-refractivity contribution is 6.32. The van der Waals surface area contributed by atoms with Crippen molar-refractivity contribution in [3.63, 3.8) is 0 Å². The first-order valence-corrected chi connectivity index (χ1v) is 13.6. The number of benzene rings is 1. The lowest BCUT2D eigenvalue weighted by Crippen LogP contribution is -2.60. The number of hydrogen-bond acceptors (Lipinski definition) is 3. The number of carbonyl (C=O) groups excluding carboxylic acids is 1. The number of para-hydroxylation sites is 1. The van der Waals surface area contributed by atoms with Crippen LogP contribution >= 0.6 is 11.6 Å². The quantitative estimate of drug-likeness (QED) is 0.444. The van der Waals surface area contributed by atoms with Gasteiger partial charge in [-0.1, -0.05) is 44.0 Å². The number of carbonyl (C=O) groups is 1. The van der Waals surface area contributed by atoms with E-state index in [1.54, 1.807) is 0 Å². The Morgan fingerprint density at radius 2 is 1.88 bits per heavy atom. The molecule has 0 amide bonds. The second kappa shape index (κ2) is 7.35. The molecule has 0 radical (unpaired) electrons. The van der Waals surface area contributed by atoms with Gasteiger partial charge in [-0.05, 0) is 88.2 Å². The molecular formula is C29H37ClN2O2. The Hall–Kier alpha value is -1.81. The van der Waals surface area contributed by atoms with Crippen LogP contribution < -0.4 is 0 Å². The lowest BCUT2D eigenvalue weighted by atomic mass is 9.40. The second-order valence-electron chi connectivity index (χ2n) is 12.3. The summed E-state index contributed by atoms with van der Waals surface area (Å²) < 4.78 is 7.79. The van der Waals surface area contributed by atoms with Crippen molar-refractivity contribution in [1.29, 1.82) is 0 Å². The van der Waals surface area contributed by atoms with Gasteiger partial charge in [0.2, 0.25) is 0 Å². The summed E-state index contributed by atoms with van der Waals surface area (Å²) in [6, 6.07) is 8.07. The summed E-state index contributed by atoms with van der Waals surface area (Å²) >= 11 is 6.64. The highest BCUT2D eigenvalue weighted by atomic mass is 35.5. The third-order valence-corrected chi connectivity index (χ3v) is 11.0. The van der Waals surface area contributed by atoms with E-state index < -0.39 is 0 Å². The minimum Gasteiger partial charge on any atom is -0.466 e. The number of aromatic nitrogens is 2. The minimum absolute atomic E-state index is 0.0289. The molecule has 1 spiro atoms. The molecule has 4 aliphatic rings. The highest BCUT2D eigenvalue weighted by Gasteiger charge is 2.68. The Balaban J connectivity index is 1.46. The zero-order chi connectivity index (χ0) is 23.9. The van der Waals surface area contributed by atoms with Crippen molar-refractivity contribution >= 4 is 17.6 Å². The van der Waals surface area contributed by atoms with Crippen LogP contribution in [0.1, 0.15) is 90.3 Å². The summed E-state index contributed by atoms with van der Waals surface area (Å²) in [6.45, 7) is 9.56. The predicted octanol–water partition coefficient (Wildman–Crippen LogP) is 7.00. The van der Waals surface area contributed by atoms with Crippen molar-refractivity contribution in [3.05, 3.63) is 46.7 Å². The van der Waals surface area contributed by atoms with Gasteiger partial charge >= 0.3 is 5.97 Å². The average Bonchev–Trinajstić information content (AvgIpc) is 3.32. The topological polar surface area (TPSA) is 44.1 Å². The molecule has 0 unspecified atom stereocenters. The van der Waals surface area contributed by atoms with E-state index in [1.807, 2.05) is 25.1 Å². The summed E-state index contributed by atoms with van der Waals surface area (Å²) in [6.07, 6.45) is 11.3. The molecule has 5 heteroatoms. The van der Waals surface area contributed by atoms with Crippen molar-refractivity contribution in [1.82, 2.24) is 9.78 Å². The summed E-state index contributed by atoms with van der Waals surface area (Å²) in [5.41, 5.74) is 3.88. The fraction of sp³-hybridized carbons (Fsp3) is 0.655. The molecule has 4 aliphatic carbocycles. The van der Waals surface area contributed by atoms with Gasteiger partial charge in [-0.2, -0.15) is 5.10 Å². The molecular weight excluding hydrogens is 444 g/mol. The number of ether oxygens (including phenoxy) is 1. The van der Waals surface area contributed by atoms with Crippen LogP contribution in [-0.4, -0.2) is 22.4 Å². The van der Waals surface area contributed by atoms with E-state index in [0.29, 0.717) is 18.4 Å². The third-order valence-electron chi connectivity index (χ3n) is 10.7. The van der Waals surface area contributed by atoms with E-state index in [0.717, 1.165) is 36.4 Å². The van der Waals surface area contributed by atoms with Crippen LogP contribution in [0, 0.1) is 22.7 Å². The van der Waals surface area contributed by atoms with Crippen molar-refractivity contribution in [2.75, 3.05) is 6.61 Å². The van der Waals surface area contributed by atoms with Crippen LogP contribution in [0.5, 0.6) is 0 Å². The van der Waals surface area contributed by atoms with Gasteiger partial charge in [-0.25, -0.2) is 4.68 Å². The molecule has 1 aromatic heterocycles. The fourth-order valence-corrected chi connectivity index (χ4v) is 9.73. The number of fused-ring (bicyclic) bond motifs is 5. The molecule has 0 aliphatic heterocycles. The van der Waals surface area contributed by atoms with E-state index in [2.05, 4.69) is 37.7 Å². The predicted molar refractivity (Wildman–Crippen MR) is 134 cm³/mol. The number of hydrogen-bond donors (Lipinski definition) is 0. The van der Waals surface area contributed by atoms with Crippen molar-refractivity contribution in [2.24, 2.45) is 22.7 Å². The first-order valence-electron chi connectivity index (χ1n) is 13.2. The summed E-state index contributed by atoms with van der Waals surface area (Å²) in [5.74, 6) is 0.989. The first-order chi connectivity index (χ1) is 16.2. The van der Waals surface area contributed by atoms with E-state index >= 15 is 0 Å². The molecule has 3 saturated carbocycles. The maximum absolute atomic E-state index is 13.2. The van der Waals surface area contributed by atoms with E-state index in [-0.39, 0.29) is 27.6 Å².